The van der Waals surface area contributed by atoms with E-state index in [9.17, 15) is 24.3 Å². The fraction of sp³-hybridized carbons (Fsp3) is 0.185. The number of carboxylic acid groups (broad SMARTS) is 1. The average Bonchev–Trinajstić information content (AvgIpc) is 3.34. The first kappa shape index (κ1) is 23.3. The average molecular weight is 486 g/mol. The molecule has 9 heteroatoms. The summed E-state index contributed by atoms with van der Waals surface area (Å²) in [6.07, 6.45) is -1.07. The van der Waals surface area contributed by atoms with Gasteiger partial charge in [-0.05, 0) is 34.4 Å². The molecular weight excluding hydrogens is 464 g/mol. The lowest BCUT2D eigenvalue weighted by atomic mass is 9.98. The molecule has 182 valence electrons. The summed E-state index contributed by atoms with van der Waals surface area (Å²) in [7, 11) is 0. The summed E-state index contributed by atoms with van der Waals surface area (Å²) in [5, 5.41) is 12.5. The fourth-order valence-electron chi connectivity index (χ4n) is 4.59. The first-order valence-corrected chi connectivity index (χ1v) is 11.4. The van der Waals surface area contributed by atoms with Crippen molar-refractivity contribution in [2.45, 2.75) is 18.4 Å². The quantitative estimate of drug-likeness (QED) is 0.467. The number of nitrogens with zero attached hydrogens (tertiary/aromatic N) is 1. The normalized spacial score (nSPS) is 14.7. The third-order valence-corrected chi connectivity index (χ3v) is 6.32. The number of hydrogen-bond donors (Lipinski definition) is 2. The molecule has 36 heavy (non-hydrogen) atoms. The summed E-state index contributed by atoms with van der Waals surface area (Å²) in [4.78, 5) is 54.1. The fourth-order valence-corrected chi connectivity index (χ4v) is 4.59. The van der Waals surface area contributed by atoms with Gasteiger partial charge in [0.1, 0.15) is 12.6 Å². The van der Waals surface area contributed by atoms with E-state index in [0.717, 1.165) is 22.3 Å². The zero-order valence-electron chi connectivity index (χ0n) is 19.0. The number of amides is 3. The van der Waals surface area contributed by atoms with Crippen molar-refractivity contribution in [3.63, 3.8) is 0 Å². The largest absolute Gasteiger partial charge is 0.480 e. The second-order valence-electron chi connectivity index (χ2n) is 8.43. The number of carboxylic acids is 1. The Morgan fingerprint density at radius 1 is 0.833 bits per heavy atom. The van der Waals surface area contributed by atoms with E-state index in [1.54, 1.807) is 12.1 Å². The predicted octanol–water partition coefficient (Wildman–Crippen LogP) is 3.60. The van der Waals surface area contributed by atoms with Crippen molar-refractivity contribution in [2.75, 3.05) is 13.2 Å². The highest BCUT2D eigenvalue weighted by molar-refractivity contribution is 6.20. The van der Waals surface area contributed by atoms with Gasteiger partial charge in [0.05, 0.1) is 17.7 Å². The van der Waals surface area contributed by atoms with Gasteiger partial charge in [-0.3, -0.25) is 14.4 Å². The Hall–Kier alpha value is -4.50. The summed E-state index contributed by atoms with van der Waals surface area (Å²) in [6.45, 7) is -0.246. The number of hydrogen-bond acceptors (Lipinski definition) is 6. The third kappa shape index (κ3) is 4.20. The van der Waals surface area contributed by atoms with E-state index in [2.05, 4.69) is 5.32 Å². The Balaban J connectivity index is 1.16. The predicted molar refractivity (Wildman–Crippen MR) is 127 cm³/mol. The SMILES string of the molecule is O=C(N[C@@H](CCON1C(=O)c2ccccc2C1=O)C(=O)O)OCC1c2ccccc2-c2ccccc21. The van der Waals surface area contributed by atoms with Gasteiger partial charge in [-0.25, -0.2) is 9.59 Å². The molecule has 0 unspecified atom stereocenters. The Kier molecular flexibility index (Phi) is 6.22. The van der Waals surface area contributed by atoms with Crippen molar-refractivity contribution in [2.24, 2.45) is 0 Å². The van der Waals surface area contributed by atoms with Crippen molar-refractivity contribution >= 4 is 23.9 Å². The van der Waals surface area contributed by atoms with E-state index in [1.165, 1.54) is 12.1 Å². The molecular formula is C27H22N2O7. The van der Waals surface area contributed by atoms with Crippen LogP contribution < -0.4 is 5.32 Å². The summed E-state index contributed by atoms with van der Waals surface area (Å²) in [6, 6.07) is 20.7. The van der Waals surface area contributed by atoms with Gasteiger partial charge in [0.2, 0.25) is 0 Å². The van der Waals surface area contributed by atoms with Gasteiger partial charge in [0.25, 0.3) is 11.8 Å². The van der Waals surface area contributed by atoms with Crippen molar-refractivity contribution in [1.29, 1.82) is 0 Å². The summed E-state index contributed by atoms with van der Waals surface area (Å²) in [5.74, 6) is -2.70. The molecule has 3 aromatic rings. The van der Waals surface area contributed by atoms with Gasteiger partial charge in [-0.15, -0.1) is 5.06 Å². The van der Waals surface area contributed by atoms with E-state index >= 15 is 0 Å². The minimum absolute atomic E-state index is 0.0394. The topological polar surface area (TPSA) is 122 Å². The highest BCUT2D eigenvalue weighted by Crippen LogP contribution is 2.44. The number of carbonyl (C=O) groups is 4. The lowest BCUT2D eigenvalue weighted by molar-refractivity contribution is -0.141. The van der Waals surface area contributed by atoms with E-state index < -0.39 is 29.9 Å². The number of fused-ring (bicyclic) bond motifs is 4. The lowest BCUT2D eigenvalue weighted by Gasteiger charge is -2.18. The number of alkyl carbamates (subject to hydrolysis) is 1. The summed E-state index contributed by atoms with van der Waals surface area (Å²) < 4.78 is 5.40. The maximum atomic E-state index is 12.5. The van der Waals surface area contributed by atoms with Crippen LogP contribution in [0.15, 0.2) is 72.8 Å². The van der Waals surface area contributed by atoms with Crippen LogP contribution >= 0.6 is 0 Å². The minimum Gasteiger partial charge on any atom is -0.480 e. The second kappa shape index (κ2) is 9.63. The molecule has 0 spiro atoms. The second-order valence-corrected chi connectivity index (χ2v) is 8.43. The standard InChI is InChI=1S/C27H22N2O7/c30-24-20-11-5-6-12-21(20)25(31)29(24)36-14-13-23(26(32)33)28-27(34)35-15-22-18-9-3-1-7-16(18)17-8-2-4-10-19(17)22/h1-12,22-23H,13-15H2,(H,28,34)(H,32,33)/t23-/m0/s1. The Morgan fingerprint density at radius 2 is 1.33 bits per heavy atom. The van der Waals surface area contributed by atoms with Gasteiger partial charge in [-0.2, -0.15) is 0 Å². The van der Waals surface area contributed by atoms with Crippen LogP contribution in [0, 0.1) is 0 Å². The first-order chi connectivity index (χ1) is 17.5. The molecule has 0 saturated heterocycles. The number of hydroxylamine groups is 2. The third-order valence-electron chi connectivity index (χ3n) is 6.32. The molecule has 0 saturated carbocycles. The van der Waals surface area contributed by atoms with Crippen molar-refractivity contribution < 1.29 is 33.9 Å². The molecule has 1 heterocycles. The number of aliphatic carboxylic acids is 1. The number of rotatable bonds is 8. The summed E-state index contributed by atoms with van der Waals surface area (Å²) in [5.41, 5.74) is 4.67. The monoisotopic (exact) mass is 486 g/mol. The van der Waals surface area contributed by atoms with Crippen molar-refractivity contribution in [1.82, 2.24) is 10.4 Å². The molecule has 1 aliphatic heterocycles. The highest BCUT2D eigenvalue weighted by atomic mass is 16.7. The van der Waals surface area contributed by atoms with Crippen LogP contribution in [0.5, 0.6) is 0 Å². The van der Waals surface area contributed by atoms with Gasteiger partial charge in [0.15, 0.2) is 0 Å². The van der Waals surface area contributed by atoms with Crippen molar-refractivity contribution in [3.05, 3.63) is 95.1 Å². The molecule has 0 radical (unpaired) electrons. The van der Waals surface area contributed by atoms with Crippen LogP contribution in [0.1, 0.15) is 44.2 Å². The molecule has 0 aromatic heterocycles. The Bertz CT molecular complexity index is 1290. The number of benzene rings is 3. The molecule has 5 rings (SSSR count). The molecule has 1 aliphatic carbocycles. The zero-order valence-corrected chi connectivity index (χ0v) is 19.0. The van der Waals surface area contributed by atoms with Gasteiger partial charge >= 0.3 is 12.1 Å². The number of ether oxygens (including phenoxy) is 1. The van der Waals surface area contributed by atoms with Gasteiger partial charge in [-0.1, -0.05) is 60.7 Å². The first-order valence-electron chi connectivity index (χ1n) is 11.4. The lowest BCUT2D eigenvalue weighted by Crippen LogP contribution is -2.43. The van der Waals surface area contributed by atoms with E-state index in [4.69, 9.17) is 9.57 Å². The van der Waals surface area contributed by atoms with Crippen LogP contribution in [0.2, 0.25) is 0 Å². The Labute approximate surface area is 206 Å². The molecule has 1 atom stereocenters. The summed E-state index contributed by atoms with van der Waals surface area (Å²) >= 11 is 0. The van der Waals surface area contributed by atoms with Crippen LogP contribution in [0.25, 0.3) is 11.1 Å². The molecule has 3 aromatic carbocycles. The number of carbonyl (C=O) groups excluding carboxylic acids is 3. The number of imide groups is 1. The number of nitrogens with one attached hydrogen (secondary N) is 1. The Morgan fingerprint density at radius 3 is 1.86 bits per heavy atom. The minimum atomic E-state index is -1.34. The smallest absolute Gasteiger partial charge is 0.407 e. The van der Waals surface area contributed by atoms with Gasteiger partial charge < -0.3 is 15.2 Å². The maximum Gasteiger partial charge on any atom is 0.407 e. The highest BCUT2D eigenvalue weighted by Gasteiger charge is 2.37. The molecule has 3 amide bonds. The van der Waals surface area contributed by atoms with E-state index in [-0.39, 0.29) is 36.7 Å². The van der Waals surface area contributed by atoms with Crippen LogP contribution in [-0.4, -0.2) is 53.3 Å². The molecule has 9 nitrogen and oxygen atoms in total. The van der Waals surface area contributed by atoms with Crippen LogP contribution in [0.4, 0.5) is 4.79 Å². The van der Waals surface area contributed by atoms with E-state index in [0.29, 0.717) is 5.06 Å². The molecule has 0 bridgehead atoms. The van der Waals surface area contributed by atoms with Crippen LogP contribution in [0.3, 0.4) is 0 Å². The molecule has 0 fully saturated rings. The molecule has 2 aliphatic rings. The molecule has 2 N–H and O–H groups in total. The zero-order chi connectivity index (χ0) is 25.2. The van der Waals surface area contributed by atoms with Crippen molar-refractivity contribution in [3.8, 4) is 11.1 Å². The maximum absolute atomic E-state index is 12.5. The van der Waals surface area contributed by atoms with Gasteiger partial charge in [0, 0.05) is 12.3 Å². The van der Waals surface area contributed by atoms with E-state index in [1.807, 2.05) is 48.5 Å². The van der Waals surface area contributed by atoms with Crippen LogP contribution in [-0.2, 0) is 14.4 Å².